The van der Waals surface area contributed by atoms with Crippen LogP contribution in [0.4, 0.5) is 10.2 Å². The van der Waals surface area contributed by atoms with Gasteiger partial charge in [0.25, 0.3) is 0 Å². The molecule has 3 rings (SSSR count). The Labute approximate surface area is 145 Å². The van der Waals surface area contributed by atoms with E-state index in [-0.39, 0.29) is 28.9 Å². The van der Waals surface area contributed by atoms with E-state index in [2.05, 4.69) is 15.0 Å². The highest BCUT2D eigenvalue weighted by Gasteiger charge is 2.46. The second-order valence-corrected chi connectivity index (χ2v) is 5.96. The lowest BCUT2D eigenvalue weighted by molar-refractivity contribution is -0.151. The number of imidazole rings is 1. The number of alkyl halides is 1. The Morgan fingerprint density at radius 2 is 2.32 bits per heavy atom. The van der Waals surface area contributed by atoms with Gasteiger partial charge in [-0.1, -0.05) is 0 Å². The Balaban J connectivity index is 1.83. The molecule has 1 fully saturated rings. The van der Waals surface area contributed by atoms with Crippen molar-refractivity contribution in [3.05, 3.63) is 11.6 Å². The Kier molecular flexibility index (Phi) is 4.73. The topological polar surface area (TPSA) is 151 Å². The molecular weight excluding hydrogens is 359 g/mol. The fraction of sp³-hybridized carbons (Fsp3) is 0.538. The number of ether oxygens (including phenoxy) is 2. The third-order valence-electron chi connectivity index (χ3n) is 3.75. The number of carbonyl (C=O) groups is 1. The average molecular weight is 375 g/mol. The maximum atomic E-state index is 14.5. The van der Waals surface area contributed by atoms with Crippen LogP contribution in [-0.2, 0) is 14.3 Å². The van der Waals surface area contributed by atoms with Crippen molar-refractivity contribution in [2.45, 2.75) is 37.6 Å². The first kappa shape index (κ1) is 17.7. The van der Waals surface area contributed by atoms with Crippen LogP contribution in [0.1, 0.15) is 13.2 Å². The number of nitrogen functional groups attached to an aromatic ring is 1. The number of aliphatic hydroxyl groups excluding tert-OH is 1. The molecule has 1 saturated heterocycles. The van der Waals surface area contributed by atoms with Crippen LogP contribution < -0.4 is 11.5 Å². The predicted molar refractivity (Wildman–Crippen MR) is 84.2 cm³/mol. The maximum absolute atomic E-state index is 14.5. The lowest BCUT2D eigenvalue weighted by atomic mass is 10.1. The molecular formula is C13H16ClFN6O4. The highest BCUT2D eigenvalue weighted by molar-refractivity contribution is 6.28. The van der Waals surface area contributed by atoms with E-state index in [1.807, 2.05) is 0 Å². The Bertz CT molecular complexity index is 802. The van der Waals surface area contributed by atoms with Crippen LogP contribution >= 0.6 is 11.6 Å². The quantitative estimate of drug-likeness (QED) is 0.477. The van der Waals surface area contributed by atoms with E-state index in [4.69, 9.17) is 32.5 Å². The summed E-state index contributed by atoms with van der Waals surface area (Å²) in [5.41, 5.74) is 11.5. The molecule has 10 nitrogen and oxygen atoms in total. The molecule has 1 aliphatic heterocycles. The smallest absolute Gasteiger partial charge is 0.322 e. The summed E-state index contributed by atoms with van der Waals surface area (Å²) in [4.78, 5) is 23.1. The number of rotatable bonds is 4. The number of carbonyl (C=O) groups excluding carboxylic acids is 1. The summed E-state index contributed by atoms with van der Waals surface area (Å²) in [5, 5.41) is 9.88. The average Bonchev–Trinajstić information content (AvgIpc) is 3.08. The number of nitrogens with zero attached hydrogens (tertiary/aromatic N) is 4. The summed E-state index contributed by atoms with van der Waals surface area (Å²) < 4.78 is 26.1. The van der Waals surface area contributed by atoms with Crippen molar-refractivity contribution in [2.24, 2.45) is 5.73 Å². The van der Waals surface area contributed by atoms with Gasteiger partial charge in [-0.05, 0) is 18.5 Å². The number of aromatic nitrogens is 4. The van der Waals surface area contributed by atoms with E-state index < -0.39 is 36.6 Å². The third-order valence-corrected chi connectivity index (χ3v) is 3.92. The molecule has 5 atom stereocenters. The van der Waals surface area contributed by atoms with Gasteiger partial charge < -0.3 is 26.0 Å². The molecule has 0 saturated carbocycles. The van der Waals surface area contributed by atoms with Gasteiger partial charge in [-0.25, -0.2) is 9.37 Å². The van der Waals surface area contributed by atoms with Crippen LogP contribution in [0.25, 0.3) is 11.2 Å². The SMILES string of the molecule is C[C@H](N)C(=O)OC[C@H]1O[C@@H](n2cnc3c(N)nc(Cl)nc32)[C@@H](F)[C@@H]1O. The fourth-order valence-corrected chi connectivity index (χ4v) is 2.63. The van der Waals surface area contributed by atoms with Crippen LogP contribution in [0.3, 0.4) is 0 Å². The minimum Gasteiger partial charge on any atom is -0.462 e. The molecule has 1 aliphatic rings. The minimum absolute atomic E-state index is 0.0325. The van der Waals surface area contributed by atoms with Gasteiger partial charge in [-0.3, -0.25) is 9.36 Å². The van der Waals surface area contributed by atoms with Gasteiger partial charge in [-0.2, -0.15) is 9.97 Å². The summed E-state index contributed by atoms with van der Waals surface area (Å²) in [6.45, 7) is 1.10. The molecule has 25 heavy (non-hydrogen) atoms. The van der Waals surface area contributed by atoms with Gasteiger partial charge in [0, 0.05) is 0 Å². The first-order valence-corrected chi connectivity index (χ1v) is 7.72. The lowest BCUT2D eigenvalue weighted by Gasteiger charge is -2.16. The van der Waals surface area contributed by atoms with E-state index >= 15 is 0 Å². The number of esters is 1. The monoisotopic (exact) mass is 374 g/mol. The predicted octanol–water partition coefficient (Wildman–Crippen LogP) is -0.451. The Morgan fingerprint density at radius 3 is 3.00 bits per heavy atom. The molecule has 0 amide bonds. The number of fused-ring (bicyclic) bond motifs is 1. The molecule has 0 bridgehead atoms. The zero-order valence-corrected chi connectivity index (χ0v) is 13.8. The molecule has 3 heterocycles. The summed E-state index contributed by atoms with van der Waals surface area (Å²) >= 11 is 5.77. The highest BCUT2D eigenvalue weighted by atomic mass is 35.5. The molecule has 0 unspecified atom stereocenters. The van der Waals surface area contributed by atoms with E-state index in [1.165, 1.54) is 17.8 Å². The molecule has 2 aromatic rings. The number of anilines is 1. The number of hydrogen-bond donors (Lipinski definition) is 3. The summed E-state index contributed by atoms with van der Waals surface area (Å²) in [6, 6.07) is -0.838. The van der Waals surface area contributed by atoms with Gasteiger partial charge in [-0.15, -0.1) is 0 Å². The molecule has 0 radical (unpaired) electrons. The van der Waals surface area contributed by atoms with Gasteiger partial charge in [0.2, 0.25) is 5.28 Å². The second-order valence-electron chi connectivity index (χ2n) is 5.62. The first-order valence-electron chi connectivity index (χ1n) is 7.35. The van der Waals surface area contributed by atoms with E-state index in [9.17, 15) is 14.3 Å². The fourth-order valence-electron chi connectivity index (χ4n) is 2.46. The van der Waals surface area contributed by atoms with Crippen LogP contribution in [0.2, 0.25) is 5.28 Å². The Hall–Kier alpha value is -2.08. The van der Waals surface area contributed by atoms with Crippen molar-refractivity contribution in [1.29, 1.82) is 0 Å². The zero-order chi connectivity index (χ0) is 18.3. The maximum Gasteiger partial charge on any atom is 0.322 e. The van der Waals surface area contributed by atoms with Crippen molar-refractivity contribution in [3.8, 4) is 0 Å². The molecule has 0 aromatic carbocycles. The first-order chi connectivity index (χ1) is 11.8. The number of aliphatic hydroxyl groups is 1. The number of hydrogen-bond acceptors (Lipinski definition) is 9. The normalized spacial score (nSPS) is 27.6. The molecule has 2 aromatic heterocycles. The largest absolute Gasteiger partial charge is 0.462 e. The zero-order valence-electron chi connectivity index (χ0n) is 13.0. The number of halogens is 2. The van der Waals surface area contributed by atoms with E-state index in [0.717, 1.165) is 0 Å². The van der Waals surface area contributed by atoms with Gasteiger partial charge in [0.15, 0.2) is 23.9 Å². The van der Waals surface area contributed by atoms with Crippen LogP contribution in [0.5, 0.6) is 0 Å². The second kappa shape index (κ2) is 6.67. The van der Waals surface area contributed by atoms with Crippen molar-refractivity contribution in [1.82, 2.24) is 19.5 Å². The standard InChI is InChI=1S/C13H16ClFN6O4/c1-4(16)12(23)24-2-5-8(22)6(15)11(25-5)21-3-18-7-9(17)19-13(14)20-10(7)21/h3-6,8,11,22H,2,16H2,1H3,(H2,17,19,20)/t4-,5+,6-,8+,11+/m0/s1. The molecule has 5 N–H and O–H groups in total. The summed E-state index contributed by atoms with van der Waals surface area (Å²) in [7, 11) is 0. The third kappa shape index (κ3) is 3.23. The number of nitrogens with two attached hydrogens (primary N) is 2. The van der Waals surface area contributed by atoms with Crippen molar-refractivity contribution in [3.63, 3.8) is 0 Å². The summed E-state index contributed by atoms with van der Waals surface area (Å²) in [5.74, 6) is -0.653. The highest BCUT2D eigenvalue weighted by Crippen LogP contribution is 2.34. The van der Waals surface area contributed by atoms with Crippen LogP contribution in [0, 0.1) is 0 Å². The Morgan fingerprint density at radius 1 is 1.60 bits per heavy atom. The molecule has 0 spiro atoms. The van der Waals surface area contributed by atoms with E-state index in [0.29, 0.717) is 0 Å². The van der Waals surface area contributed by atoms with Crippen molar-refractivity contribution in [2.75, 3.05) is 12.3 Å². The van der Waals surface area contributed by atoms with E-state index in [1.54, 1.807) is 0 Å². The molecule has 136 valence electrons. The minimum atomic E-state index is -1.81. The van der Waals surface area contributed by atoms with Crippen molar-refractivity contribution >= 4 is 34.6 Å². The van der Waals surface area contributed by atoms with Gasteiger partial charge >= 0.3 is 5.97 Å². The lowest BCUT2D eigenvalue weighted by Crippen LogP contribution is -2.35. The van der Waals surface area contributed by atoms with Crippen LogP contribution in [0.15, 0.2) is 6.33 Å². The molecule has 12 heteroatoms. The van der Waals surface area contributed by atoms with Crippen molar-refractivity contribution < 1.29 is 23.8 Å². The van der Waals surface area contributed by atoms with Gasteiger partial charge in [0.1, 0.15) is 30.4 Å². The molecule has 0 aliphatic carbocycles. The van der Waals surface area contributed by atoms with Gasteiger partial charge in [0.05, 0.1) is 6.33 Å². The van der Waals surface area contributed by atoms with Crippen LogP contribution in [-0.4, -0.2) is 61.6 Å². The summed E-state index contributed by atoms with van der Waals surface area (Å²) in [6.07, 6.45) is -4.39.